The van der Waals surface area contributed by atoms with E-state index in [1.165, 1.54) is 4.70 Å². The molecule has 6 heteroatoms. The average molecular weight is 354 g/mol. The number of aliphatic imine (C=N–C) groups is 1. The summed E-state index contributed by atoms with van der Waals surface area (Å²) in [5.41, 5.74) is 1.94. The Hall–Kier alpha value is -2.44. The van der Waals surface area contributed by atoms with Gasteiger partial charge in [0.25, 0.3) is 0 Å². The number of thiophene rings is 1. The van der Waals surface area contributed by atoms with Crippen LogP contribution in [0.25, 0.3) is 10.1 Å². The number of nitrogens with one attached hydrogen (secondary N) is 2. The molecule has 0 aliphatic carbocycles. The molecule has 1 aromatic carbocycles. The van der Waals surface area contributed by atoms with Crippen LogP contribution in [-0.4, -0.2) is 29.6 Å². The van der Waals surface area contributed by atoms with Crippen molar-refractivity contribution in [2.75, 3.05) is 13.6 Å². The Bertz CT molecular complexity index is 841. The van der Waals surface area contributed by atoms with Crippen LogP contribution in [0, 0.1) is 6.92 Å². The molecule has 0 fully saturated rings. The van der Waals surface area contributed by atoms with Crippen LogP contribution < -0.4 is 10.6 Å². The Morgan fingerprint density at radius 3 is 2.80 bits per heavy atom. The Kier molecular flexibility index (Phi) is 5.63. The van der Waals surface area contributed by atoms with Crippen molar-refractivity contribution in [2.45, 2.75) is 19.6 Å². The highest BCUT2D eigenvalue weighted by molar-refractivity contribution is 7.19. The van der Waals surface area contributed by atoms with Gasteiger partial charge in [-0.1, -0.05) is 24.3 Å². The highest BCUT2D eigenvalue weighted by Gasteiger charge is 2.12. The number of hydrogen-bond donors (Lipinski definition) is 3. The number of aliphatic hydroxyl groups is 1. The van der Waals surface area contributed by atoms with E-state index in [4.69, 9.17) is 0 Å². The Morgan fingerprint density at radius 2 is 2.04 bits per heavy atom. The Morgan fingerprint density at radius 1 is 1.20 bits per heavy atom. The van der Waals surface area contributed by atoms with Crippen molar-refractivity contribution in [3.05, 3.63) is 64.8 Å². The van der Waals surface area contributed by atoms with Crippen molar-refractivity contribution in [2.24, 2.45) is 4.99 Å². The Labute approximate surface area is 151 Å². The van der Waals surface area contributed by atoms with Gasteiger partial charge in [0, 0.05) is 28.9 Å². The second kappa shape index (κ2) is 8.09. The number of benzene rings is 1. The minimum absolute atomic E-state index is 0.397. The number of pyridine rings is 1. The van der Waals surface area contributed by atoms with Crippen LogP contribution in [0.3, 0.4) is 0 Å². The van der Waals surface area contributed by atoms with Crippen molar-refractivity contribution in [1.82, 2.24) is 15.6 Å². The lowest BCUT2D eigenvalue weighted by Gasteiger charge is -2.14. The minimum Gasteiger partial charge on any atom is -0.386 e. The predicted molar refractivity (Wildman–Crippen MR) is 104 cm³/mol. The van der Waals surface area contributed by atoms with E-state index in [1.54, 1.807) is 18.4 Å². The van der Waals surface area contributed by atoms with Crippen LogP contribution in [0.15, 0.2) is 53.5 Å². The maximum Gasteiger partial charge on any atom is 0.191 e. The summed E-state index contributed by atoms with van der Waals surface area (Å²) in [6, 6.07) is 16.1. The van der Waals surface area contributed by atoms with Crippen LogP contribution in [0.4, 0.5) is 0 Å². The van der Waals surface area contributed by atoms with E-state index >= 15 is 0 Å². The number of rotatable bonds is 5. The van der Waals surface area contributed by atoms with Gasteiger partial charge in [-0.05, 0) is 36.6 Å². The number of guanidine groups is 1. The van der Waals surface area contributed by atoms with Gasteiger partial charge in [0.15, 0.2) is 5.96 Å². The van der Waals surface area contributed by atoms with Gasteiger partial charge in [-0.3, -0.25) is 9.98 Å². The molecule has 3 N–H and O–H groups in total. The SMILES string of the molecule is CN=C(NCc1cccc(C)n1)NCC(O)c1cc2ccccc2s1. The fraction of sp³-hybridized carbons (Fsp3) is 0.263. The molecule has 0 saturated carbocycles. The first kappa shape index (κ1) is 17.4. The number of aliphatic hydroxyl groups excluding tert-OH is 1. The van der Waals surface area contributed by atoms with E-state index in [1.807, 2.05) is 43.3 Å². The summed E-state index contributed by atoms with van der Waals surface area (Å²) in [7, 11) is 1.71. The second-order valence-corrected chi connectivity index (χ2v) is 6.89. The van der Waals surface area contributed by atoms with Gasteiger partial charge >= 0.3 is 0 Å². The fourth-order valence-electron chi connectivity index (χ4n) is 2.55. The minimum atomic E-state index is -0.576. The molecule has 5 nitrogen and oxygen atoms in total. The summed E-state index contributed by atoms with van der Waals surface area (Å²) >= 11 is 1.62. The summed E-state index contributed by atoms with van der Waals surface area (Å²) in [6.07, 6.45) is -0.576. The average Bonchev–Trinajstić information content (AvgIpc) is 3.06. The third kappa shape index (κ3) is 4.55. The maximum atomic E-state index is 10.4. The van der Waals surface area contributed by atoms with Gasteiger partial charge in [-0.2, -0.15) is 0 Å². The van der Waals surface area contributed by atoms with Crippen LogP contribution in [0.5, 0.6) is 0 Å². The highest BCUT2D eigenvalue weighted by atomic mass is 32.1. The van der Waals surface area contributed by atoms with Gasteiger partial charge in [0.2, 0.25) is 0 Å². The second-order valence-electron chi connectivity index (χ2n) is 5.78. The largest absolute Gasteiger partial charge is 0.386 e. The van der Waals surface area contributed by atoms with Crippen LogP contribution in [0.1, 0.15) is 22.4 Å². The van der Waals surface area contributed by atoms with Gasteiger partial charge in [-0.15, -0.1) is 11.3 Å². The summed E-state index contributed by atoms with van der Waals surface area (Å²) in [4.78, 5) is 9.60. The molecule has 130 valence electrons. The van der Waals surface area contributed by atoms with Crippen molar-refractivity contribution in [1.29, 1.82) is 0 Å². The van der Waals surface area contributed by atoms with Crippen molar-refractivity contribution < 1.29 is 5.11 Å². The molecule has 1 atom stereocenters. The number of nitrogens with zero attached hydrogens (tertiary/aromatic N) is 2. The smallest absolute Gasteiger partial charge is 0.191 e. The topological polar surface area (TPSA) is 69.5 Å². The van der Waals surface area contributed by atoms with E-state index in [9.17, 15) is 5.11 Å². The lowest BCUT2D eigenvalue weighted by molar-refractivity contribution is 0.184. The molecular weight excluding hydrogens is 332 g/mol. The number of fused-ring (bicyclic) bond motifs is 1. The quantitative estimate of drug-likeness (QED) is 0.487. The first-order chi connectivity index (χ1) is 12.2. The molecule has 1 unspecified atom stereocenters. The molecule has 0 aliphatic rings. The molecule has 0 amide bonds. The number of aromatic nitrogens is 1. The van der Waals surface area contributed by atoms with Gasteiger partial charge in [0.05, 0.1) is 12.2 Å². The molecule has 3 rings (SSSR count). The molecule has 2 heterocycles. The Balaban J connectivity index is 1.55. The highest BCUT2D eigenvalue weighted by Crippen LogP contribution is 2.29. The van der Waals surface area contributed by atoms with E-state index < -0.39 is 6.10 Å². The summed E-state index contributed by atoms with van der Waals surface area (Å²) in [6.45, 7) is 2.95. The first-order valence-electron chi connectivity index (χ1n) is 8.19. The molecule has 0 radical (unpaired) electrons. The lowest BCUT2D eigenvalue weighted by atomic mass is 10.2. The zero-order valence-electron chi connectivity index (χ0n) is 14.4. The monoisotopic (exact) mass is 354 g/mol. The molecule has 3 aromatic rings. The van der Waals surface area contributed by atoms with Crippen LogP contribution >= 0.6 is 11.3 Å². The predicted octanol–water partition coefficient (Wildman–Crippen LogP) is 3.00. The van der Waals surface area contributed by atoms with Crippen molar-refractivity contribution in [3.63, 3.8) is 0 Å². The molecule has 0 spiro atoms. The van der Waals surface area contributed by atoms with Gasteiger partial charge in [0.1, 0.15) is 6.10 Å². The molecule has 2 aromatic heterocycles. The first-order valence-corrected chi connectivity index (χ1v) is 9.01. The molecule has 0 bridgehead atoms. The molecule has 0 saturated heterocycles. The molecular formula is C19H22N4OS. The molecule has 0 aliphatic heterocycles. The maximum absolute atomic E-state index is 10.4. The van der Waals surface area contributed by atoms with Crippen molar-refractivity contribution in [3.8, 4) is 0 Å². The van der Waals surface area contributed by atoms with Gasteiger partial charge < -0.3 is 15.7 Å². The zero-order valence-corrected chi connectivity index (χ0v) is 15.2. The standard InChI is InChI=1S/C19H22N4OS/c1-13-6-5-8-15(23-13)11-21-19(20-2)22-12-16(24)18-10-14-7-3-4-9-17(14)25-18/h3-10,16,24H,11-12H2,1-2H3,(H2,20,21,22). The zero-order chi connectivity index (χ0) is 17.6. The van der Waals surface area contributed by atoms with Gasteiger partial charge in [-0.25, -0.2) is 0 Å². The fourth-order valence-corrected chi connectivity index (χ4v) is 3.60. The third-order valence-corrected chi connectivity index (χ3v) is 5.06. The third-order valence-electron chi connectivity index (χ3n) is 3.84. The van der Waals surface area contributed by atoms with Crippen LogP contribution in [0.2, 0.25) is 0 Å². The summed E-state index contributed by atoms with van der Waals surface area (Å²) in [5, 5.41) is 18.0. The summed E-state index contributed by atoms with van der Waals surface area (Å²) < 4.78 is 1.18. The van der Waals surface area contributed by atoms with E-state index in [0.29, 0.717) is 19.0 Å². The normalized spacial score (nSPS) is 13.0. The summed E-state index contributed by atoms with van der Waals surface area (Å²) in [5.74, 6) is 0.642. The van der Waals surface area contributed by atoms with Crippen LogP contribution in [-0.2, 0) is 6.54 Å². The van der Waals surface area contributed by atoms with E-state index in [-0.39, 0.29) is 0 Å². The number of aryl methyl sites for hydroxylation is 1. The number of hydrogen-bond acceptors (Lipinski definition) is 4. The molecule has 25 heavy (non-hydrogen) atoms. The van der Waals surface area contributed by atoms with E-state index in [0.717, 1.165) is 21.7 Å². The lowest BCUT2D eigenvalue weighted by Crippen LogP contribution is -2.39. The van der Waals surface area contributed by atoms with E-state index in [2.05, 4.69) is 32.7 Å². The van der Waals surface area contributed by atoms with Crippen molar-refractivity contribution >= 4 is 27.4 Å².